The van der Waals surface area contributed by atoms with Crippen LogP contribution >= 0.6 is 0 Å². The van der Waals surface area contributed by atoms with E-state index in [1.165, 1.54) is 0 Å². The predicted molar refractivity (Wildman–Crippen MR) is 187 cm³/mol. The van der Waals surface area contributed by atoms with Crippen LogP contribution in [0.1, 0.15) is 0 Å². The van der Waals surface area contributed by atoms with Gasteiger partial charge in [-0.15, -0.1) is 0 Å². The van der Waals surface area contributed by atoms with E-state index in [1.807, 2.05) is 36.7 Å². The first kappa shape index (κ1) is 26.1. The first-order valence-electron chi connectivity index (χ1n) is 15.2. The summed E-state index contributed by atoms with van der Waals surface area (Å²) in [6, 6.07) is 44.3. The number of benzene rings is 4. The molecule has 0 atom stereocenters. The summed E-state index contributed by atoms with van der Waals surface area (Å²) in [5, 5.41) is 4.38. The van der Waals surface area contributed by atoms with Gasteiger partial charge in [0.25, 0.3) is 0 Å². The predicted octanol–water partition coefficient (Wildman–Crippen LogP) is 9.94. The zero-order valence-corrected chi connectivity index (χ0v) is 24.7. The number of pyridine rings is 5. The highest BCUT2D eigenvalue weighted by molar-refractivity contribution is 6.10. The van der Waals surface area contributed by atoms with Crippen LogP contribution in [0.5, 0.6) is 0 Å². The van der Waals surface area contributed by atoms with Gasteiger partial charge in [0, 0.05) is 57.5 Å². The smallest absolute Gasteiger partial charge is 0.0970 e. The summed E-state index contributed by atoms with van der Waals surface area (Å²) >= 11 is 0. The van der Waals surface area contributed by atoms with Crippen molar-refractivity contribution in [3.63, 3.8) is 0 Å². The van der Waals surface area contributed by atoms with Gasteiger partial charge < -0.3 is 0 Å². The molecule has 0 bridgehead atoms. The van der Waals surface area contributed by atoms with Crippen LogP contribution in [0.2, 0.25) is 0 Å². The molecule has 5 heteroatoms. The number of hydrogen-bond acceptors (Lipinski definition) is 5. The fourth-order valence-electron chi connectivity index (χ4n) is 6.28. The maximum atomic E-state index is 5.10. The molecule has 5 aromatic heterocycles. The Bertz CT molecular complexity index is 2580. The monoisotopic (exact) mass is 587 g/mol. The van der Waals surface area contributed by atoms with Gasteiger partial charge in [0.05, 0.1) is 33.5 Å². The van der Waals surface area contributed by atoms with E-state index in [0.29, 0.717) is 0 Å². The summed E-state index contributed by atoms with van der Waals surface area (Å²) in [5.41, 5.74) is 12.2. The van der Waals surface area contributed by atoms with Crippen molar-refractivity contribution in [3.8, 4) is 44.8 Å². The van der Waals surface area contributed by atoms with Crippen molar-refractivity contribution in [3.05, 3.63) is 152 Å². The topological polar surface area (TPSA) is 64.5 Å². The minimum Gasteiger partial charge on any atom is -0.265 e. The van der Waals surface area contributed by atoms with E-state index in [-0.39, 0.29) is 0 Å². The molecule has 0 aliphatic carbocycles. The lowest BCUT2D eigenvalue weighted by Gasteiger charge is -2.11. The molecule has 5 nitrogen and oxygen atoms in total. The van der Waals surface area contributed by atoms with Crippen LogP contribution in [0.15, 0.2) is 152 Å². The lowest BCUT2D eigenvalue weighted by atomic mass is 9.95. The Morgan fingerprint density at radius 1 is 0.370 bits per heavy atom. The molecule has 0 saturated carbocycles. The molecule has 0 fully saturated rings. The Morgan fingerprint density at radius 2 is 0.957 bits per heavy atom. The molecule has 0 unspecified atom stereocenters. The standard InChI is InChI=1S/C41H25N5/c1-3-33-23-35(34-4-2-20-44-41(34)40(33)43-19-1)27-7-5-26(6-8-27)31-11-9-28-14-16-37(46-38(28)24-31)32-12-10-29-13-15-36(45-39(29)25-32)30-17-21-42-22-18-30/h1-25H. The molecular formula is C41H25N5. The molecule has 0 spiro atoms. The maximum Gasteiger partial charge on any atom is 0.0970 e. The molecular weight excluding hydrogens is 562 g/mol. The number of nitrogens with zero attached hydrogens (tertiary/aromatic N) is 5. The average Bonchev–Trinajstić information content (AvgIpc) is 3.14. The van der Waals surface area contributed by atoms with Crippen molar-refractivity contribution in [2.45, 2.75) is 0 Å². The summed E-state index contributed by atoms with van der Waals surface area (Å²) in [6.45, 7) is 0. The number of fused-ring (bicyclic) bond motifs is 5. The summed E-state index contributed by atoms with van der Waals surface area (Å²) < 4.78 is 0. The first-order valence-corrected chi connectivity index (χ1v) is 15.2. The van der Waals surface area contributed by atoms with E-state index < -0.39 is 0 Å². The van der Waals surface area contributed by atoms with Gasteiger partial charge in [-0.25, -0.2) is 9.97 Å². The van der Waals surface area contributed by atoms with Crippen LogP contribution in [0, 0.1) is 0 Å². The quantitative estimate of drug-likeness (QED) is 0.192. The van der Waals surface area contributed by atoms with Crippen molar-refractivity contribution in [1.82, 2.24) is 24.9 Å². The molecule has 0 radical (unpaired) electrons. The Labute approximate surface area is 264 Å². The van der Waals surface area contributed by atoms with Crippen LogP contribution in [0.25, 0.3) is 88.4 Å². The highest BCUT2D eigenvalue weighted by Crippen LogP contribution is 2.35. The molecule has 0 saturated heterocycles. The Balaban J connectivity index is 1.07. The van der Waals surface area contributed by atoms with E-state index in [2.05, 4.69) is 118 Å². The van der Waals surface area contributed by atoms with E-state index >= 15 is 0 Å². The third-order valence-corrected chi connectivity index (χ3v) is 8.65. The van der Waals surface area contributed by atoms with Crippen LogP contribution < -0.4 is 0 Å². The lowest BCUT2D eigenvalue weighted by molar-refractivity contribution is 1.31. The summed E-state index contributed by atoms with van der Waals surface area (Å²) in [5.74, 6) is 0. The number of hydrogen-bond donors (Lipinski definition) is 0. The number of aromatic nitrogens is 5. The van der Waals surface area contributed by atoms with Crippen LogP contribution in [-0.2, 0) is 0 Å². The second-order valence-electron chi connectivity index (χ2n) is 11.4. The second-order valence-corrected chi connectivity index (χ2v) is 11.4. The molecule has 5 heterocycles. The highest BCUT2D eigenvalue weighted by Gasteiger charge is 2.11. The Morgan fingerprint density at radius 3 is 1.72 bits per heavy atom. The lowest BCUT2D eigenvalue weighted by Crippen LogP contribution is -1.90. The van der Waals surface area contributed by atoms with E-state index in [1.54, 1.807) is 12.4 Å². The molecule has 9 aromatic rings. The van der Waals surface area contributed by atoms with Crippen LogP contribution in [-0.4, -0.2) is 24.9 Å². The third kappa shape index (κ3) is 4.54. The van der Waals surface area contributed by atoms with Crippen LogP contribution in [0.4, 0.5) is 0 Å². The molecule has 0 N–H and O–H groups in total. The van der Waals surface area contributed by atoms with Crippen molar-refractivity contribution < 1.29 is 0 Å². The molecule has 0 aliphatic heterocycles. The fourth-order valence-corrected chi connectivity index (χ4v) is 6.28. The van der Waals surface area contributed by atoms with Gasteiger partial charge in [-0.2, -0.15) is 0 Å². The molecule has 0 amide bonds. The number of rotatable bonds is 4. The van der Waals surface area contributed by atoms with Gasteiger partial charge in [0.15, 0.2) is 0 Å². The van der Waals surface area contributed by atoms with E-state index in [4.69, 9.17) is 9.97 Å². The summed E-state index contributed by atoms with van der Waals surface area (Å²) in [6.07, 6.45) is 7.24. The van der Waals surface area contributed by atoms with Gasteiger partial charge in [-0.3, -0.25) is 15.0 Å². The molecule has 46 heavy (non-hydrogen) atoms. The van der Waals surface area contributed by atoms with Crippen LogP contribution in [0.3, 0.4) is 0 Å². The minimum absolute atomic E-state index is 0.921. The van der Waals surface area contributed by atoms with Crippen molar-refractivity contribution in [2.24, 2.45) is 0 Å². The maximum absolute atomic E-state index is 5.10. The first-order chi connectivity index (χ1) is 22.8. The highest BCUT2D eigenvalue weighted by atomic mass is 14.7. The van der Waals surface area contributed by atoms with Gasteiger partial charge in [0.1, 0.15) is 0 Å². The zero-order valence-electron chi connectivity index (χ0n) is 24.7. The molecule has 0 aliphatic rings. The fraction of sp³-hybridized carbons (Fsp3) is 0. The van der Waals surface area contributed by atoms with Gasteiger partial charge in [-0.05, 0) is 76.9 Å². The largest absolute Gasteiger partial charge is 0.265 e. The SMILES string of the molecule is c1cnc2c(c1)cc(-c1ccc(-c3ccc4ccc(-c5ccc6ccc(-c7ccncc7)nc6c5)nc4c3)cc1)c1cccnc12. The molecule has 214 valence electrons. The third-order valence-electron chi connectivity index (χ3n) is 8.65. The van der Waals surface area contributed by atoms with Gasteiger partial charge >= 0.3 is 0 Å². The van der Waals surface area contributed by atoms with Gasteiger partial charge in [0.2, 0.25) is 0 Å². The summed E-state index contributed by atoms with van der Waals surface area (Å²) in [4.78, 5) is 23.5. The van der Waals surface area contributed by atoms with Gasteiger partial charge in [-0.1, -0.05) is 72.8 Å². The van der Waals surface area contributed by atoms with Crippen molar-refractivity contribution in [2.75, 3.05) is 0 Å². The average molecular weight is 588 g/mol. The van der Waals surface area contributed by atoms with Crippen molar-refractivity contribution in [1.29, 1.82) is 0 Å². The second kappa shape index (κ2) is 10.7. The Hall–Kier alpha value is -6.33. The van der Waals surface area contributed by atoms with E-state index in [9.17, 15) is 0 Å². The molecule has 4 aromatic carbocycles. The minimum atomic E-state index is 0.921. The normalized spacial score (nSPS) is 11.5. The molecule has 9 rings (SSSR count). The van der Waals surface area contributed by atoms with E-state index in [0.717, 1.165) is 88.4 Å². The van der Waals surface area contributed by atoms with Crippen molar-refractivity contribution >= 4 is 43.6 Å². The Kier molecular flexibility index (Phi) is 6.06. The zero-order chi connectivity index (χ0) is 30.5. The summed E-state index contributed by atoms with van der Waals surface area (Å²) in [7, 11) is 0.